The molecular formula is C8H6BrF2NO4S. The van der Waals surface area contributed by atoms with Gasteiger partial charge in [-0.1, -0.05) is 0 Å². The van der Waals surface area contributed by atoms with Gasteiger partial charge < -0.3 is 5.11 Å². The first-order valence-corrected chi connectivity index (χ1v) is 6.40. The Bertz CT molecular complexity index is 546. The number of rotatable bonds is 4. The summed E-state index contributed by atoms with van der Waals surface area (Å²) in [6.45, 7) is 0. The van der Waals surface area contributed by atoms with Gasteiger partial charge in [0.2, 0.25) is 0 Å². The zero-order chi connectivity index (χ0) is 13.2. The van der Waals surface area contributed by atoms with Crippen molar-refractivity contribution in [3.8, 4) is 0 Å². The highest BCUT2D eigenvalue weighted by Gasteiger charge is 2.24. The van der Waals surface area contributed by atoms with Crippen molar-refractivity contribution in [3.63, 3.8) is 0 Å². The highest BCUT2D eigenvalue weighted by Crippen LogP contribution is 2.25. The Balaban J connectivity index is 3.06. The predicted octanol–water partition coefficient (Wildman–Crippen LogP) is 2.11. The molecule has 0 aliphatic heterocycles. The summed E-state index contributed by atoms with van der Waals surface area (Å²) in [5.74, 6) is -4.78. The lowest BCUT2D eigenvalue weighted by atomic mass is 10.2. The molecule has 0 saturated heterocycles. The van der Waals surface area contributed by atoms with Crippen molar-refractivity contribution in [3.05, 3.63) is 28.2 Å². The number of sulfonamides is 1. The van der Waals surface area contributed by atoms with Crippen LogP contribution in [0.15, 0.2) is 22.7 Å². The Morgan fingerprint density at radius 3 is 2.41 bits per heavy atom. The highest BCUT2D eigenvalue weighted by atomic mass is 79.9. The summed E-state index contributed by atoms with van der Waals surface area (Å²) >= 11 is 2.88. The number of aromatic carboxylic acids is 1. The fourth-order valence-corrected chi connectivity index (χ4v) is 2.11. The van der Waals surface area contributed by atoms with Crippen LogP contribution in [0.3, 0.4) is 0 Å². The van der Waals surface area contributed by atoms with Gasteiger partial charge in [-0.25, -0.2) is 13.2 Å². The molecule has 17 heavy (non-hydrogen) atoms. The van der Waals surface area contributed by atoms with Gasteiger partial charge >= 0.3 is 11.7 Å². The first-order chi connectivity index (χ1) is 7.74. The van der Waals surface area contributed by atoms with E-state index in [2.05, 4.69) is 15.9 Å². The number of anilines is 1. The predicted molar refractivity (Wildman–Crippen MR) is 59.6 cm³/mol. The van der Waals surface area contributed by atoms with Crippen LogP contribution < -0.4 is 4.72 Å². The van der Waals surface area contributed by atoms with Gasteiger partial charge in [0.05, 0.1) is 11.3 Å². The van der Waals surface area contributed by atoms with Gasteiger partial charge in [0, 0.05) is 4.47 Å². The Morgan fingerprint density at radius 1 is 1.41 bits per heavy atom. The number of carboxylic acids is 1. The smallest absolute Gasteiger partial charge is 0.355 e. The number of halogens is 3. The number of hydrogen-bond donors (Lipinski definition) is 2. The van der Waals surface area contributed by atoms with Gasteiger partial charge in [-0.2, -0.15) is 8.78 Å². The minimum atomic E-state index is -4.77. The molecule has 0 aliphatic rings. The van der Waals surface area contributed by atoms with Crippen LogP contribution in [0.1, 0.15) is 10.4 Å². The molecule has 0 saturated carbocycles. The third kappa shape index (κ3) is 3.37. The number of hydrogen-bond acceptors (Lipinski definition) is 3. The summed E-state index contributed by atoms with van der Waals surface area (Å²) in [7, 11) is -4.77. The number of benzene rings is 1. The maximum atomic E-state index is 12.1. The van der Waals surface area contributed by atoms with Crippen LogP contribution in [0.2, 0.25) is 0 Å². The molecule has 0 aliphatic carbocycles. The second-order valence-corrected chi connectivity index (χ2v) is 5.41. The molecule has 1 rings (SSSR count). The maximum absolute atomic E-state index is 12.1. The van der Waals surface area contributed by atoms with E-state index in [1.54, 1.807) is 4.72 Å². The lowest BCUT2D eigenvalue weighted by Gasteiger charge is -2.09. The molecule has 94 valence electrons. The van der Waals surface area contributed by atoms with Crippen LogP contribution in [0.5, 0.6) is 0 Å². The molecule has 1 aromatic carbocycles. The largest absolute Gasteiger partial charge is 0.478 e. The van der Waals surface area contributed by atoms with Gasteiger partial charge in [-0.15, -0.1) is 0 Å². The molecule has 9 heteroatoms. The molecular weight excluding hydrogens is 324 g/mol. The first kappa shape index (κ1) is 13.8. The summed E-state index contributed by atoms with van der Waals surface area (Å²) in [4.78, 5) is 10.6. The molecule has 0 bridgehead atoms. The highest BCUT2D eigenvalue weighted by molar-refractivity contribution is 9.10. The van der Waals surface area contributed by atoms with Crippen molar-refractivity contribution in [2.24, 2.45) is 0 Å². The maximum Gasteiger partial charge on any atom is 0.355 e. The normalized spacial score (nSPS) is 11.5. The summed E-state index contributed by atoms with van der Waals surface area (Å²) < 4.78 is 47.6. The average Bonchev–Trinajstić information content (AvgIpc) is 2.20. The third-order valence-corrected chi connectivity index (χ3v) is 3.33. The van der Waals surface area contributed by atoms with Gasteiger partial charge in [-0.3, -0.25) is 4.72 Å². The van der Waals surface area contributed by atoms with Crippen molar-refractivity contribution < 1.29 is 27.1 Å². The average molecular weight is 330 g/mol. The second kappa shape index (κ2) is 4.96. The SMILES string of the molecule is O=C(O)c1ccc(NS(=O)(=O)C(F)F)c(Br)c1. The van der Waals surface area contributed by atoms with Crippen molar-refractivity contribution in [2.45, 2.75) is 5.76 Å². The van der Waals surface area contributed by atoms with Gasteiger partial charge in [0.15, 0.2) is 0 Å². The molecule has 0 atom stereocenters. The lowest BCUT2D eigenvalue weighted by molar-refractivity contribution is 0.0697. The summed E-state index contributed by atoms with van der Waals surface area (Å²) in [5.41, 5.74) is -0.257. The van der Waals surface area contributed by atoms with E-state index in [4.69, 9.17) is 5.11 Å². The van der Waals surface area contributed by atoms with Crippen molar-refractivity contribution >= 4 is 37.6 Å². The summed E-state index contributed by atoms with van der Waals surface area (Å²) in [6, 6.07) is 3.27. The topological polar surface area (TPSA) is 83.5 Å². The van der Waals surface area contributed by atoms with E-state index in [1.165, 1.54) is 0 Å². The fourth-order valence-electron chi connectivity index (χ4n) is 0.929. The second-order valence-electron chi connectivity index (χ2n) is 2.91. The quantitative estimate of drug-likeness (QED) is 0.886. The molecule has 0 fully saturated rings. The zero-order valence-corrected chi connectivity index (χ0v) is 10.4. The standard InChI is InChI=1S/C8H6BrF2NO4S/c9-5-3-4(7(13)14)1-2-6(5)12-17(15,16)8(10)11/h1-3,8,12H,(H,13,14). The van der Waals surface area contributed by atoms with Crippen LogP contribution in [0.4, 0.5) is 14.5 Å². The molecule has 0 spiro atoms. The Kier molecular flexibility index (Phi) is 4.04. The fraction of sp³-hybridized carbons (Fsp3) is 0.125. The van der Waals surface area contributed by atoms with Crippen LogP contribution in [0, 0.1) is 0 Å². The third-order valence-electron chi connectivity index (χ3n) is 1.70. The lowest BCUT2D eigenvalue weighted by Crippen LogP contribution is -2.20. The molecule has 1 aromatic rings. The van der Waals surface area contributed by atoms with Crippen LogP contribution >= 0.6 is 15.9 Å². The van der Waals surface area contributed by atoms with E-state index >= 15 is 0 Å². The van der Waals surface area contributed by atoms with E-state index < -0.39 is 21.8 Å². The Hall–Kier alpha value is -1.22. The number of carboxylic acid groups (broad SMARTS) is 1. The van der Waals surface area contributed by atoms with Gasteiger partial charge in [0.25, 0.3) is 10.0 Å². The van der Waals surface area contributed by atoms with E-state index in [1.807, 2.05) is 0 Å². The van der Waals surface area contributed by atoms with E-state index in [-0.39, 0.29) is 15.7 Å². The van der Waals surface area contributed by atoms with Gasteiger partial charge in [-0.05, 0) is 34.1 Å². The first-order valence-electron chi connectivity index (χ1n) is 4.06. The minimum Gasteiger partial charge on any atom is -0.478 e. The van der Waals surface area contributed by atoms with Crippen molar-refractivity contribution in [2.75, 3.05) is 4.72 Å². The number of nitrogens with one attached hydrogen (secondary N) is 1. The number of alkyl halides is 2. The monoisotopic (exact) mass is 329 g/mol. The van der Waals surface area contributed by atoms with Crippen LogP contribution in [-0.2, 0) is 10.0 Å². The molecule has 0 amide bonds. The van der Waals surface area contributed by atoms with E-state index in [9.17, 15) is 22.0 Å². The number of carbonyl (C=O) groups is 1. The van der Waals surface area contributed by atoms with Crippen molar-refractivity contribution in [1.82, 2.24) is 0 Å². The Morgan fingerprint density at radius 2 is 2.00 bits per heavy atom. The summed E-state index contributed by atoms with van der Waals surface area (Å²) in [5, 5.41) is 8.64. The van der Waals surface area contributed by atoms with E-state index in [0.717, 1.165) is 18.2 Å². The molecule has 2 N–H and O–H groups in total. The Labute approximate surface area is 104 Å². The van der Waals surface area contributed by atoms with Crippen molar-refractivity contribution in [1.29, 1.82) is 0 Å². The summed E-state index contributed by atoms with van der Waals surface area (Å²) in [6.07, 6.45) is 0. The van der Waals surface area contributed by atoms with E-state index in [0.29, 0.717) is 0 Å². The zero-order valence-electron chi connectivity index (χ0n) is 8.02. The molecule has 5 nitrogen and oxygen atoms in total. The minimum absolute atomic E-state index is 0.0571. The molecule has 0 aromatic heterocycles. The molecule has 0 heterocycles. The van der Waals surface area contributed by atoms with Crippen LogP contribution in [0.25, 0.3) is 0 Å². The van der Waals surface area contributed by atoms with Crippen LogP contribution in [-0.4, -0.2) is 25.3 Å². The van der Waals surface area contributed by atoms with Gasteiger partial charge in [0.1, 0.15) is 0 Å². The molecule has 0 unspecified atom stereocenters. The molecule has 0 radical (unpaired) electrons.